The van der Waals surface area contributed by atoms with E-state index in [9.17, 15) is 14.7 Å². The molecule has 2 aromatic carbocycles. The lowest BCUT2D eigenvalue weighted by Crippen LogP contribution is -2.28. The number of phenols is 1. The average Bonchev–Trinajstić information content (AvgIpc) is 2.85. The van der Waals surface area contributed by atoms with E-state index in [0.717, 1.165) is 16.7 Å². The maximum absolute atomic E-state index is 12.6. The van der Waals surface area contributed by atoms with Crippen molar-refractivity contribution in [2.24, 2.45) is 0 Å². The molecule has 7 heteroatoms. The third-order valence-electron chi connectivity index (χ3n) is 3.39. The molecule has 3 rings (SSSR count). The van der Waals surface area contributed by atoms with Crippen LogP contribution in [-0.2, 0) is 4.79 Å². The zero-order valence-corrected chi connectivity index (χ0v) is 14.1. The Morgan fingerprint density at radius 3 is 2.67 bits per heavy atom. The van der Waals surface area contributed by atoms with Gasteiger partial charge in [-0.25, -0.2) is 4.90 Å². The third kappa shape index (κ3) is 2.98. The number of ether oxygens (including phenoxy) is 1. The Hall–Kier alpha value is -2.44. The van der Waals surface area contributed by atoms with Gasteiger partial charge in [0.25, 0.3) is 11.1 Å². The Balaban J connectivity index is 1.97. The Labute approximate surface area is 147 Å². The lowest BCUT2D eigenvalue weighted by Gasteiger charge is -2.15. The third-order valence-corrected chi connectivity index (χ3v) is 4.56. The molecule has 5 nitrogen and oxygen atoms in total. The second kappa shape index (κ2) is 6.59. The van der Waals surface area contributed by atoms with E-state index in [1.54, 1.807) is 36.4 Å². The van der Waals surface area contributed by atoms with Gasteiger partial charge in [-0.15, -0.1) is 0 Å². The highest BCUT2D eigenvalue weighted by atomic mass is 35.5. The normalized spacial score (nSPS) is 16.1. The highest BCUT2D eigenvalue weighted by molar-refractivity contribution is 8.19. The highest BCUT2D eigenvalue weighted by Gasteiger charge is 2.37. The number of hydrogen-bond acceptors (Lipinski definition) is 5. The number of hydrogen-bond donors (Lipinski definition) is 1. The number of benzene rings is 2. The summed E-state index contributed by atoms with van der Waals surface area (Å²) < 4.78 is 5.22. The van der Waals surface area contributed by atoms with Crippen LogP contribution in [0.1, 0.15) is 5.56 Å². The molecule has 122 valence electrons. The number of methoxy groups -OCH3 is 1. The van der Waals surface area contributed by atoms with E-state index in [4.69, 9.17) is 16.3 Å². The van der Waals surface area contributed by atoms with Gasteiger partial charge in [0.05, 0.1) is 22.7 Å². The van der Waals surface area contributed by atoms with Crippen molar-refractivity contribution < 1.29 is 19.4 Å². The van der Waals surface area contributed by atoms with Gasteiger partial charge in [0.2, 0.25) is 0 Å². The minimum absolute atomic E-state index is 0.0454. The van der Waals surface area contributed by atoms with Crippen LogP contribution in [0.3, 0.4) is 0 Å². The van der Waals surface area contributed by atoms with Crippen LogP contribution in [0.25, 0.3) is 6.08 Å². The number of nitrogens with zero attached hydrogens (tertiary/aromatic N) is 1. The smallest absolute Gasteiger partial charge is 0.298 e. The van der Waals surface area contributed by atoms with Crippen LogP contribution in [-0.4, -0.2) is 23.4 Å². The molecular weight excluding hydrogens is 350 g/mol. The van der Waals surface area contributed by atoms with E-state index in [0.29, 0.717) is 17.0 Å². The molecule has 24 heavy (non-hydrogen) atoms. The van der Waals surface area contributed by atoms with Crippen LogP contribution >= 0.6 is 23.4 Å². The number of aromatic hydroxyl groups is 1. The summed E-state index contributed by atoms with van der Waals surface area (Å²) in [6.45, 7) is 0. The number of phenolic OH excluding ortho intramolecular Hbond substituents is 1. The molecule has 0 saturated carbocycles. The Kier molecular flexibility index (Phi) is 4.51. The molecule has 0 unspecified atom stereocenters. The number of carbonyl (C=O) groups excluding carboxylic acids is 2. The quantitative estimate of drug-likeness (QED) is 0.826. The largest absolute Gasteiger partial charge is 0.506 e. The number of para-hydroxylation sites is 2. The molecular formula is C17H12ClNO4S. The summed E-state index contributed by atoms with van der Waals surface area (Å²) in [6, 6.07) is 11.4. The molecule has 0 aliphatic carbocycles. The molecule has 0 radical (unpaired) electrons. The fourth-order valence-electron chi connectivity index (χ4n) is 2.25. The van der Waals surface area contributed by atoms with Gasteiger partial charge in [0.15, 0.2) is 0 Å². The van der Waals surface area contributed by atoms with Crippen molar-refractivity contribution in [2.45, 2.75) is 0 Å². The lowest BCUT2D eigenvalue weighted by molar-refractivity contribution is -0.113. The van der Waals surface area contributed by atoms with Crippen molar-refractivity contribution in [3.05, 3.63) is 58.0 Å². The van der Waals surface area contributed by atoms with Crippen LogP contribution < -0.4 is 9.64 Å². The zero-order chi connectivity index (χ0) is 17.3. The first-order valence-corrected chi connectivity index (χ1v) is 8.10. The predicted molar refractivity (Wildman–Crippen MR) is 94.6 cm³/mol. The molecule has 0 atom stereocenters. The number of imide groups is 1. The van der Waals surface area contributed by atoms with Crippen molar-refractivity contribution in [3.8, 4) is 11.5 Å². The first-order valence-electron chi connectivity index (χ1n) is 6.91. The van der Waals surface area contributed by atoms with Crippen molar-refractivity contribution in [1.29, 1.82) is 0 Å². The van der Waals surface area contributed by atoms with E-state index < -0.39 is 11.1 Å². The monoisotopic (exact) mass is 361 g/mol. The average molecular weight is 362 g/mol. The van der Waals surface area contributed by atoms with Gasteiger partial charge >= 0.3 is 0 Å². The van der Waals surface area contributed by atoms with Crippen molar-refractivity contribution in [1.82, 2.24) is 0 Å². The summed E-state index contributed by atoms with van der Waals surface area (Å²) in [5.41, 5.74) is 1.01. The Morgan fingerprint density at radius 1 is 1.21 bits per heavy atom. The Bertz CT molecular complexity index is 865. The summed E-state index contributed by atoms with van der Waals surface area (Å²) in [5.74, 6) is -0.0385. The first-order chi connectivity index (χ1) is 11.5. The predicted octanol–water partition coefficient (Wildman–Crippen LogP) is 4.30. The highest BCUT2D eigenvalue weighted by Crippen LogP contribution is 2.39. The fourth-order valence-corrected chi connectivity index (χ4v) is 3.28. The van der Waals surface area contributed by atoms with E-state index >= 15 is 0 Å². The SMILES string of the molecule is COc1ccccc1N1C(=O)S/C(=C\c2ccc(O)c(Cl)c2)C1=O. The number of amides is 2. The molecule has 1 heterocycles. The number of anilines is 1. The maximum Gasteiger partial charge on any atom is 0.298 e. The fraction of sp³-hybridized carbons (Fsp3) is 0.0588. The van der Waals surface area contributed by atoms with Gasteiger partial charge in [-0.05, 0) is 47.7 Å². The minimum atomic E-state index is -0.432. The molecule has 1 N–H and O–H groups in total. The number of rotatable bonds is 3. The molecule has 1 fully saturated rings. The zero-order valence-electron chi connectivity index (χ0n) is 12.5. The van der Waals surface area contributed by atoms with Crippen molar-refractivity contribution in [2.75, 3.05) is 12.0 Å². The lowest BCUT2D eigenvalue weighted by atomic mass is 10.2. The van der Waals surface area contributed by atoms with Gasteiger partial charge in [0, 0.05) is 0 Å². The maximum atomic E-state index is 12.6. The van der Waals surface area contributed by atoms with Gasteiger partial charge < -0.3 is 9.84 Å². The van der Waals surface area contributed by atoms with E-state index in [2.05, 4.69) is 0 Å². The van der Waals surface area contributed by atoms with E-state index in [-0.39, 0.29) is 15.7 Å². The molecule has 2 amide bonds. The standard InChI is InChI=1S/C17H12ClNO4S/c1-23-14-5-3-2-4-12(14)19-16(21)15(24-17(19)22)9-10-6-7-13(20)11(18)8-10/h2-9,20H,1H3/b15-9-. The van der Waals surface area contributed by atoms with Crippen molar-refractivity contribution in [3.63, 3.8) is 0 Å². The van der Waals surface area contributed by atoms with Gasteiger partial charge in [-0.1, -0.05) is 29.8 Å². The van der Waals surface area contributed by atoms with Gasteiger partial charge in [-0.3, -0.25) is 9.59 Å². The number of halogens is 1. The summed E-state index contributed by atoms with van der Waals surface area (Å²) >= 11 is 6.70. The molecule has 0 spiro atoms. The van der Waals surface area contributed by atoms with Crippen molar-refractivity contribution >= 4 is 46.3 Å². The Morgan fingerprint density at radius 2 is 1.96 bits per heavy atom. The molecule has 1 aliphatic heterocycles. The minimum Gasteiger partial charge on any atom is -0.506 e. The second-order valence-electron chi connectivity index (χ2n) is 4.90. The number of carbonyl (C=O) groups is 2. The van der Waals surface area contributed by atoms with Crippen LogP contribution in [0.4, 0.5) is 10.5 Å². The summed E-state index contributed by atoms with van der Waals surface area (Å²) in [6.07, 6.45) is 1.56. The summed E-state index contributed by atoms with van der Waals surface area (Å²) in [7, 11) is 1.48. The summed E-state index contributed by atoms with van der Waals surface area (Å²) in [5, 5.41) is 9.22. The van der Waals surface area contributed by atoms with Gasteiger partial charge in [0.1, 0.15) is 11.5 Å². The van der Waals surface area contributed by atoms with E-state index in [1.807, 2.05) is 0 Å². The molecule has 0 aromatic heterocycles. The molecule has 1 aliphatic rings. The summed E-state index contributed by atoms with van der Waals surface area (Å²) in [4.78, 5) is 26.3. The van der Waals surface area contributed by atoms with Crippen LogP contribution in [0.5, 0.6) is 11.5 Å². The van der Waals surface area contributed by atoms with Gasteiger partial charge in [-0.2, -0.15) is 0 Å². The van der Waals surface area contributed by atoms with Crippen LogP contribution in [0.2, 0.25) is 5.02 Å². The first kappa shape index (κ1) is 16.4. The van der Waals surface area contributed by atoms with Crippen LogP contribution in [0.15, 0.2) is 47.4 Å². The molecule has 0 bridgehead atoms. The molecule has 2 aromatic rings. The molecule has 1 saturated heterocycles. The van der Waals surface area contributed by atoms with Crippen LogP contribution in [0, 0.1) is 0 Å². The number of thioether (sulfide) groups is 1. The topological polar surface area (TPSA) is 66.8 Å². The van der Waals surface area contributed by atoms with E-state index in [1.165, 1.54) is 19.2 Å². The second-order valence-corrected chi connectivity index (χ2v) is 6.30.